The molecule has 1 saturated heterocycles. The highest BCUT2D eigenvalue weighted by molar-refractivity contribution is 5.96. The van der Waals surface area contributed by atoms with E-state index in [1.54, 1.807) is 6.20 Å². The first-order chi connectivity index (χ1) is 14.7. The molecule has 0 radical (unpaired) electrons. The third-order valence-electron chi connectivity index (χ3n) is 6.74. The smallest absolute Gasteiger partial charge is 0.257 e. The highest BCUT2D eigenvalue weighted by atomic mass is 16.7. The molecule has 0 atom stereocenters. The van der Waals surface area contributed by atoms with Crippen molar-refractivity contribution in [2.24, 2.45) is 0 Å². The van der Waals surface area contributed by atoms with Crippen LogP contribution in [0.4, 0.5) is 0 Å². The molecule has 1 spiro atoms. The molecule has 1 fully saturated rings. The highest BCUT2D eigenvalue weighted by Crippen LogP contribution is 2.41. The molecule has 2 aromatic rings. The molecule has 1 aromatic carbocycles. The Morgan fingerprint density at radius 2 is 1.87 bits per heavy atom. The number of amides is 1. The number of hydrogen-bond donors (Lipinski definition) is 0. The zero-order chi connectivity index (χ0) is 21.8. The van der Waals surface area contributed by atoms with E-state index in [1.165, 1.54) is 5.56 Å². The molecule has 7 heteroatoms. The molecule has 0 saturated carbocycles. The minimum absolute atomic E-state index is 0.0314. The van der Waals surface area contributed by atoms with Gasteiger partial charge in [-0.05, 0) is 43.6 Å². The maximum absolute atomic E-state index is 12.8. The van der Waals surface area contributed by atoms with E-state index in [-0.39, 0.29) is 16.7 Å². The zero-order valence-electron chi connectivity index (χ0n) is 18.8. The number of carbonyl (C=O) groups excluding carboxylic acids is 1. The fourth-order valence-corrected chi connectivity index (χ4v) is 4.94. The fourth-order valence-electron chi connectivity index (χ4n) is 4.94. The van der Waals surface area contributed by atoms with Gasteiger partial charge in [0, 0.05) is 37.2 Å². The first kappa shape index (κ1) is 20.2. The lowest BCUT2D eigenvalue weighted by Crippen LogP contribution is -2.54. The van der Waals surface area contributed by atoms with Gasteiger partial charge in [0.05, 0.1) is 11.3 Å². The Labute approximate surface area is 183 Å². The van der Waals surface area contributed by atoms with E-state index in [1.807, 2.05) is 18.0 Å². The van der Waals surface area contributed by atoms with E-state index in [0.717, 1.165) is 62.0 Å². The van der Waals surface area contributed by atoms with Crippen LogP contribution in [0.3, 0.4) is 0 Å². The SMILES string of the molecule is CN1CC2(CCN(Cc3ccc4c(c3)OCO4)CC2)c2nc(C(C)(C)C)ncc2C1=O. The minimum Gasteiger partial charge on any atom is -0.454 e. The van der Waals surface area contributed by atoms with Crippen molar-refractivity contribution in [1.82, 2.24) is 19.8 Å². The van der Waals surface area contributed by atoms with Crippen molar-refractivity contribution in [2.75, 3.05) is 33.5 Å². The summed E-state index contributed by atoms with van der Waals surface area (Å²) in [4.78, 5) is 26.7. The van der Waals surface area contributed by atoms with Crippen molar-refractivity contribution in [3.05, 3.63) is 47.0 Å². The van der Waals surface area contributed by atoms with Crippen molar-refractivity contribution in [1.29, 1.82) is 0 Å². The van der Waals surface area contributed by atoms with E-state index in [4.69, 9.17) is 14.5 Å². The second-order valence-electron chi connectivity index (χ2n) is 10.1. The topological polar surface area (TPSA) is 67.8 Å². The maximum Gasteiger partial charge on any atom is 0.257 e. The van der Waals surface area contributed by atoms with Gasteiger partial charge in [-0.25, -0.2) is 9.97 Å². The van der Waals surface area contributed by atoms with Gasteiger partial charge in [0.1, 0.15) is 5.82 Å². The molecule has 4 heterocycles. The molecule has 3 aliphatic rings. The molecule has 0 bridgehead atoms. The highest BCUT2D eigenvalue weighted by Gasteiger charge is 2.46. The van der Waals surface area contributed by atoms with Gasteiger partial charge in [-0.15, -0.1) is 0 Å². The van der Waals surface area contributed by atoms with E-state index in [0.29, 0.717) is 12.4 Å². The third kappa shape index (κ3) is 3.55. The summed E-state index contributed by atoms with van der Waals surface area (Å²) in [7, 11) is 1.89. The molecule has 31 heavy (non-hydrogen) atoms. The number of benzene rings is 1. The Morgan fingerprint density at radius 1 is 1.13 bits per heavy atom. The standard InChI is InChI=1S/C24H30N4O3/c1-23(2,3)22-25-12-17-20(26-22)24(14-27(4)21(17)29)7-9-28(10-8-24)13-16-5-6-18-19(11-16)31-15-30-18/h5-6,11-12H,7-10,13-15H2,1-4H3. The number of carbonyl (C=O) groups is 1. The summed E-state index contributed by atoms with van der Waals surface area (Å²) in [5.41, 5.74) is 2.60. The van der Waals surface area contributed by atoms with Crippen LogP contribution < -0.4 is 9.47 Å². The summed E-state index contributed by atoms with van der Waals surface area (Å²) in [6.45, 7) is 10.2. The van der Waals surface area contributed by atoms with Crippen molar-refractivity contribution < 1.29 is 14.3 Å². The van der Waals surface area contributed by atoms with Crippen LogP contribution >= 0.6 is 0 Å². The van der Waals surface area contributed by atoms with Crippen molar-refractivity contribution in [3.8, 4) is 11.5 Å². The number of fused-ring (bicyclic) bond motifs is 3. The molecule has 5 rings (SSSR count). The van der Waals surface area contributed by atoms with Gasteiger partial charge in [-0.3, -0.25) is 9.69 Å². The summed E-state index contributed by atoms with van der Waals surface area (Å²) in [5.74, 6) is 2.50. The van der Waals surface area contributed by atoms with Crippen LogP contribution in [0.2, 0.25) is 0 Å². The molecular weight excluding hydrogens is 392 g/mol. The summed E-state index contributed by atoms with van der Waals surface area (Å²) in [6, 6.07) is 6.19. The van der Waals surface area contributed by atoms with E-state index < -0.39 is 0 Å². The Hall–Kier alpha value is -2.67. The lowest BCUT2D eigenvalue weighted by Gasteiger charge is -2.46. The second-order valence-corrected chi connectivity index (χ2v) is 10.1. The van der Waals surface area contributed by atoms with Gasteiger partial charge in [-0.1, -0.05) is 26.8 Å². The number of rotatable bonds is 2. The molecule has 164 valence electrons. The predicted molar refractivity (Wildman–Crippen MR) is 116 cm³/mol. The van der Waals surface area contributed by atoms with Crippen LogP contribution in [0.5, 0.6) is 11.5 Å². The fraction of sp³-hybridized carbons (Fsp3) is 0.542. The summed E-state index contributed by atoms with van der Waals surface area (Å²) >= 11 is 0. The zero-order valence-corrected chi connectivity index (χ0v) is 18.8. The molecular formula is C24H30N4O3. The van der Waals surface area contributed by atoms with Gasteiger partial charge >= 0.3 is 0 Å². The Bertz CT molecular complexity index is 1020. The quantitative estimate of drug-likeness (QED) is 0.741. The Morgan fingerprint density at radius 3 is 2.61 bits per heavy atom. The average Bonchev–Trinajstić information content (AvgIpc) is 3.21. The number of ether oxygens (including phenoxy) is 2. The van der Waals surface area contributed by atoms with E-state index in [9.17, 15) is 4.79 Å². The van der Waals surface area contributed by atoms with Crippen LogP contribution in [0.15, 0.2) is 24.4 Å². The van der Waals surface area contributed by atoms with Crippen LogP contribution in [0.25, 0.3) is 0 Å². The summed E-state index contributed by atoms with van der Waals surface area (Å²) < 4.78 is 10.9. The second kappa shape index (κ2) is 7.19. The number of likely N-dealkylation sites (N-methyl/N-ethyl adjacent to an activating group) is 1. The molecule has 7 nitrogen and oxygen atoms in total. The third-order valence-corrected chi connectivity index (χ3v) is 6.74. The Kier molecular flexibility index (Phi) is 4.70. The van der Waals surface area contributed by atoms with Crippen molar-refractivity contribution in [3.63, 3.8) is 0 Å². The van der Waals surface area contributed by atoms with Gasteiger partial charge in [0.15, 0.2) is 11.5 Å². The van der Waals surface area contributed by atoms with Gasteiger partial charge in [-0.2, -0.15) is 0 Å². The molecule has 1 amide bonds. The molecule has 1 aromatic heterocycles. The minimum atomic E-state index is -0.150. The lowest BCUT2D eigenvalue weighted by molar-refractivity contribution is 0.0622. The van der Waals surface area contributed by atoms with Gasteiger partial charge < -0.3 is 14.4 Å². The van der Waals surface area contributed by atoms with Crippen LogP contribution in [0, 0.1) is 0 Å². The molecule has 0 unspecified atom stereocenters. The van der Waals surface area contributed by atoms with Crippen molar-refractivity contribution >= 4 is 5.91 Å². The maximum atomic E-state index is 12.8. The number of hydrogen-bond acceptors (Lipinski definition) is 6. The predicted octanol–water partition coefficient (Wildman–Crippen LogP) is 3.12. The average molecular weight is 423 g/mol. The first-order valence-electron chi connectivity index (χ1n) is 11.0. The molecule has 0 N–H and O–H groups in total. The summed E-state index contributed by atoms with van der Waals surface area (Å²) in [6.07, 6.45) is 3.70. The Balaban J connectivity index is 1.38. The van der Waals surface area contributed by atoms with Crippen LogP contribution in [-0.2, 0) is 17.4 Å². The number of aromatic nitrogens is 2. The van der Waals surface area contributed by atoms with Gasteiger partial charge in [0.25, 0.3) is 5.91 Å². The van der Waals surface area contributed by atoms with Crippen LogP contribution in [0.1, 0.15) is 61.1 Å². The lowest BCUT2D eigenvalue weighted by atomic mass is 9.71. The van der Waals surface area contributed by atoms with Crippen molar-refractivity contribution in [2.45, 2.75) is 51.0 Å². The number of likely N-dealkylation sites (tertiary alicyclic amines) is 1. The van der Waals surface area contributed by atoms with E-state index in [2.05, 4.69) is 42.8 Å². The largest absolute Gasteiger partial charge is 0.454 e. The molecule has 3 aliphatic heterocycles. The van der Waals surface area contributed by atoms with Crippen LogP contribution in [-0.4, -0.2) is 59.1 Å². The monoisotopic (exact) mass is 422 g/mol. The normalized spacial score (nSPS) is 20.3. The van der Waals surface area contributed by atoms with E-state index >= 15 is 0 Å². The van der Waals surface area contributed by atoms with Gasteiger partial charge in [0.2, 0.25) is 6.79 Å². The number of piperidine rings is 1. The number of nitrogens with zero attached hydrogens (tertiary/aromatic N) is 4. The summed E-state index contributed by atoms with van der Waals surface area (Å²) in [5, 5.41) is 0. The molecule has 0 aliphatic carbocycles. The first-order valence-corrected chi connectivity index (χ1v) is 11.0.